The Hall–Kier alpha value is -0.910. The molecule has 16 heavy (non-hydrogen) atoms. The fourth-order valence-electron chi connectivity index (χ4n) is 2.21. The van der Waals surface area contributed by atoms with Crippen LogP contribution in [0, 0.1) is 17.2 Å². The molecule has 1 unspecified atom stereocenters. The first-order valence-corrected chi connectivity index (χ1v) is 6.49. The van der Waals surface area contributed by atoms with E-state index in [0.29, 0.717) is 18.4 Å². The molecule has 0 aromatic carbocycles. The van der Waals surface area contributed by atoms with E-state index in [9.17, 15) is 0 Å². The lowest BCUT2D eigenvalue weighted by Crippen LogP contribution is -2.12. The molecule has 3 nitrogen and oxygen atoms in total. The second-order valence-electron chi connectivity index (χ2n) is 5.17. The maximum Gasteiger partial charge on any atom is 0.0840 e. The highest BCUT2D eigenvalue weighted by Gasteiger charge is 2.14. The highest BCUT2D eigenvalue weighted by atomic mass is 15.1. The number of hydrogen-bond acceptors (Lipinski definition) is 3. The first-order chi connectivity index (χ1) is 7.72. The summed E-state index contributed by atoms with van der Waals surface area (Å²) in [5.74, 6) is 0.587. The smallest absolute Gasteiger partial charge is 0.0840 e. The van der Waals surface area contributed by atoms with Gasteiger partial charge < -0.3 is 0 Å². The number of rotatable bonds is 5. The van der Waals surface area contributed by atoms with Gasteiger partial charge in [0.1, 0.15) is 0 Å². The van der Waals surface area contributed by atoms with Crippen LogP contribution in [0.5, 0.6) is 0 Å². The van der Waals surface area contributed by atoms with E-state index in [1.807, 2.05) is 0 Å². The van der Waals surface area contributed by atoms with Crippen LogP contribution in [0.4, 0.5) is 0 Å². The number of azo groups is 1. The fourth-order valence-corrected chi connectivity index (χ4v) is 2.21. The Bertz CT molecular complexity index is 246. The van der Waals surface area contributed by atoms with Crippen LogP contribution < -0.4 is 0 Å². The van der Waals surface area contributed by atoms with Gasteiger partial charge in [-0.05, 0) is 25.2 Å². The van der Waals surface area contributed by atoms with Gasteiger partial charge in [0.25, 0.3) is 0 Å². The van der Waals surface area contributed by atoms with Gasteiger partial charge in [0.05, 0.1) is 24.6 Å². The van der Waals surface area contributed by atoms with Crippen molar-refractivity contribution in [1.29, 1.82) is 5.26 Å². The van der Waals surface area contributed by atoms with Crippen molar-refractivity contribution >= 4 is 0 Å². The lowest BCUT2D eigenvalue weighted by molar-refractivity contribution is 0.409. The van der Waals surface area contributed by atoms with E-state index < -0.39 is 0 Å². The molecule has 0 N–H and O–H groups in total. The van der Waals surface area contributed by atoms with Gasteiger partial charge in [-0.2, -0.15) is 15.5 Å². The van der Waals surface area contributed by atoms with Crippen LogP contribution in [0.25, 0.3) is 0 Å². The van der Waals surface area contributed by atoms with E-state index in [4.69, 9.17) is 5.26 Å². The Kier molecular flexibility index (Phi) is 6.07. The molecule has 0 spiro atoms. The molecule has 1 aliphatic rings. The Morgan fingerprint density at radius 3 is 2.50 bits per heavy atom. The SMILES string of the molecule is CC(C)CC(CC#N)N=NC1CCCCC1. The van der Waals surface area contributed by atoms with E-state index in [1.165, 1.54) is 32.1 Å². The predicted octanol–water partition coefficient (Wildman–Crippen LogP) is 4.10. The van der Waals surface area contributed by atoms with Crippen molar-refractivity contribution in [3.05, 3.63) is 0 Å². The zero-order valence-corrected chi connectivity index (χ0v) is 10.5. The third-order valence-electron chi connectivity index (χ3n) is 3.04. The molecular formula is C13H23N3. The van der Waals surface area contributed by atoms with Crippen molar-refractivity contribution in [3.8, 4) is 6.07 Å². The normalized spacial score (nSPS) is 20.1. The molecule has 0 aromatic heterocycles. The fraction of sp³-hybridized carbons (Fsp3) is 0.923. The van der Waals surface area contributed by atoms with E-state index in [1.54, 1.807) is 0 Å². The van der Waals surface area contributed by atoms with Crippen LogP contribution in [-0.2, 0) is 0 Å². The van der Waals surface area contributed by atoms with Gasteiger partial charge in [0.15, 0.2) is 0 Å². The van der Waals surface area contributed by atoms with Crippen molar-refractivity contribution in [1.82, 2.24) is 0 Å². The Labute approximate surface area is 99.0 Å². The minimum absolute atomic E-state index is 0.118. The summed E-state index contributed by atoms with van der Waals surface area (Å²) in [5.41, 5.74) is 0. The molecule has 0 aromatic rings. The van der Waals surface area contributed by atoms with Gasteiger partial charge in [-0.15, -0.1) is 0 Å². The summed E-state index contributed by atoms with van der Waals surface area (Å²) in [4.78, 5) is 0. The molecule has 0 radical (unpaired) electrons. The third kappa shape index (κ3) is 5.25. The molecule has 0 amide bonds. The number of nitrogens with zero attached hydrogens (tertiary/aromatic N) is 3. The van der Waals surface area contributed by atoms with E-state index in [2.05, 4.69) is 30.1 Å². The number of hydrogen-bond donors (Lipinski definition) is 0. The van der Waals surface area contributed by atoms with Gasteiger partial charge in [-0.3, -0.25) is 0 Å². The van der Waals surface area contributed by atoms with Crippen molar-refractivity contribution in [2.75, 3.05) is 0 Å². The van der Waals surface area contributed by atoms with Crippen molar-refractivity contribution in [3.63, 3.8) is 0 Å². The van der Waals surface area contributed by atoms with Gasteiger partial charge in [0, 0.05) is 0 Å². The highest BCUT2D eigenvalue weighted by Crippen LogP contribution is 2.21. The second kappa shape index (κ2) is 7.38. The third-order valence-corrected chi connectivity index (χ3v) is 3.04. The summed E-state index contributed by atoms with van der Waals surface area (Å²) < 4.78 is 0. The molecule has 1 aliphatic carbocycles. The van der Waals surface area contributed by atoms with Gasteiger partial charge >= 0.3 is 0 Å². The average molecular weight is 221 g/mol. The largest absolute Gasteiger partial charge is 0.198 e. The Morgan fingerprint density at radius 1 is 1.25 bits per heavy atom. The standard InChI is InChI=1S/C13H23N3/c1-11(2)10-13(8-9-14)16-15-12-6-4-3-5-7-12/h11-13H,3-8,10H2,1-2H3. The topological polar surface area (TPSA) is 48.5 Å². The molecular weight excluding hydrogens is 198 g/mol. The summed E-state index contributed by atoms with van der Waals surface area (Å²) in [7, 11) is 0. The molecule has 0 heterocycles. The van der Waals surface area contributed by atoms with Crippen LogP contribution in [0.3, 0.4) is 0 Å². The second-order valence-corrected chi connectivity index (χ2v) is 5.17. The lowest BCUT2D eigenvalue weighted by Gasteiger charge is -2.17. The molecule has 1 rings (SSSR count). The van der Waals surface area contributed by atoms with Crippen molar-refractivity contribution < 1.29 is 0 Å². The minimum atomic E-state index is 0.118. The molecule has 0 bridgehead atoms. The summed E-state index contributed by atoms with van der Waals surface area (Å²) in [5, 5.41) is 17.5. The van der Waals surface area contributed by atoms with Crippen molar-refractivity contribution in [2.24, 2.45) is 16.1 Å². The molecule has 0 saturated heterocycles. The maximum atomic E-state index is 8.73. The summed E-state index contributed by atoms with van der Waals surface area (Å²) in [6.45, 7) is 4.33. The Balaban J connectivity index is 2.39. The van der Waals surface area contributed by atoms with Gasteiger partial charge in [-0.25, -0.2) is 0 Å². The molecule has 1 fully saturated rings. The quantitative estimate of drug-likeness (QED) is 0.645. The maximum absolute atomic E-state index is 8.73. The molecule has 90 valence electrons. The average Bonchev–Trinajstić information content (AvgIpc) is 2.27. The van der Waals surface area contributed by atoms with Crippen LogP contribution >= 0.6 is 0 Å². The van der Waals surface area contributed by atoms with Crippen LogP contribution in [0.2, 0.25) is 0 Å². The predicted molar refractivity (Wildman–Crippen MR) is 65.2 cm³/mol. The van der Waals surface area contributed by atoms with Crippen LogP contribution in [0.15, 0.2) is 10.2 Å². The van der Waals surface area contributed by atoms with Crippen LogP contribution in [0.1, 0.15) is 58.8 Å². The van der Waals surface area contributed by atoms with Gasteiger partial charge in [-0.1, -0.05) is 33.1 Å². The molecule has 3 heteroatoms. The highest BCUT2D eigenvalue weighted by molar-refractivity contribution is 4.81. The van der Waals surface area contributed by atoms with Gasteiger partial charge in [0.2, 0.25) is 0 Å². The monoisotopic (exact) mass is 221 g/mol. The summed E-state index contributed by atoms with van der Waals surface area (Å²) in [6, 6.07) is 2.76. The zero-order chi connectivity index (χ0) is 11.8. The Morgan fingerprint density at radius 2 is 1.94 bits per heavy atom. The number of nitriles is 1. The van der Waals surface area contributed by atoms with Crippen LogP contribution in [-0.4, -0.2) is 12.1 Å². The first kappa shape index (κ1) is 13.2. The lowest BCUT2D eigenvalue weighted by atomic mass is 9.96. The van der Waals surface area contributed by atoms with E-state index in [-0.39, 0.29) is 6.04 Å². The minimum Gasteiger partial charge on any atom is -0.198 e. The summed E-state index contributed by atoms with van der Waals surface area (Å²) in [6.07, 6.45) is 7.78. The molecule has 0 aliphatic heterocycles. The molecule has 1 atom stereocenters. The zero-order valence-electron chi connectivity index (χ0n) is 10.5. The van der Waals surface area contributed by atoms with E-state index in [0.717, 1.165) is 6.42 Å². The van der Waals surface area contributed by atoms with Crippen molar-refractivity contribution in [2.45, 2.75) is 70.9 Å². The molecule has 1 saturated carbocycles. The van der Waals surface area contributed by atoms with E-state index >= 15 is 0 Å². The summed E-state index contributed by atoms with van der Waals surface area (Å²) >= 11 is 0. The first-order valence-electron chi connectivity index (χ1n) is 6.49.